The summed E-state index contributed by atoms with van der Waals surface area (Å²) in [6.45, 7) is 8.68. The van der Waals surface area contributed by atoms with Crippen LogP contribution in [0.25, 0.3) is 0 Å². The maximum atomic E-state index is 12.6. The Morgan fingerprint density at radius 3 is 2.55 bits per heavy atom. The Hall–Kier alpha value is -1.37. The van der Waals surface area contributed by atoms with Crippen molar-refractivity contribution in [3.05, 3.63) is 24.5 Å². The summed E-state index contributed by atoms with van der Waals surface area (Å²) in [5.41, 5.74) is -0.0943. The molecule has 0 aromatic carbocycles. The van der Waals surface area contributed by atoms with Gasteiger partial charge in [0, 0.05) is 31.9 Å². The summed E-state index contributed by atoms with van der Waals surface area (Å²) in [6, 6.07) is 4.08. The minimum Gasteiger partial charge on any atom is -0.393 e. The van der Waals surface area contributed by atoms with Gasteiger partial charge in [0.1, 0.15) is 0 Å². The number of carbonyl (C=O) groups is 1. The molecule has 214 valence electrons. The summed E-state index contributed by atoms with van der Waals surface area (Å²) >= 11 is 0. The monoisotopic (exact) mass is 528 g/mol. The highest BCUT2D eigenvalue weighted by Crippen LogP contribution is 2.68. The molecule has 11 atom stereocenters. The lowest BCUT2D eigenvalue weighted by Crippen LogP contribution is -2.62. The molecule has 4 fully saturated rings. The van der Waals surface area contributed by atoms with E-state index in [9.17, 15) is 20.1 Å². The van der Waals surface area contributed by atoms with Crippen LogP contribution >= 0.6 is 0 Å². The van der Waals surface area contributed by atoms with E-state index in [4.69, 9.17) is 0 Å². The number of amides is 1. The molecule has 0 saturated heterocycles. The molecule has 1 amide bonds. The van der Waals surface area contributed by atoms with E-state index in [1.165, 1.54) is 0 Å². The number of rotatable bonds is 9. The Morgan fingerprint density at radius 1 is 1.03 bits per heavy atom. The van der Waals surface area contributed by atoms with Crippen LogP contribution in [0.5, 0.6) is 0 Å². The van der Waals surface area contributed by atoms with E-state index in [0.717, 1.165) is 77.3 Å². The van der Waals surface area contributed by atoms with Crippen LogP contribution in [-0.2, 0) is 11.3 Å². The number of unbranched alkanes of at least 4 members (excludes halogenated alkanes) is 1. The van der Waals surface area contributed by atoms with Gasteiger partial charge in [-0.2, -0.15) is 0 Å². The van der Waals surface area contributed by atoms with Crippen molar-refractivity contribution in [2.24, 2.45) is 46.3 Å². The van der Waals surface area contributed by atoms with Gasteiger partial charge >= 0.3 is 0 Å². The van der Waals surface area contributed by atoms with Gasteiger partial charge in [0.15, 0.2) is 0 Å². The van der Waals surface area contributed by atoms with Crippen molar-refractivity contribution in [3.8, 4) is 0 Å². The summed E-state index contributed by atoms with van der Waals surface area (Å²) in [6.07, 6.45) is 13.0. The first-order chi connectivity index (χ1) is 18.1. The average molecular weight is 529 g/mol. The number of carbonyl (C=O) groups excluding carboxylic acids is 1. The maximum Gasteiger partial charge on any atom is 0.220 e. The van der Waals surface area contributed by atoms with Crippen LogP contribution < -0.4 is 5.32 Å². The van der Waals surface area contributed by atoms with Gasteiger partial charge in [0.25, 0.3) is 0 Å². The molecule has 1 heterocycles. The number of nitrogens with zero attached hydrogens (tertiary/aromatic N) is 1. The molecule has 4 N–H and O–H groups in total. The molecule has 0 unspecified atom stereocenters. The number of hydrogen-bond acceptors (Lipinski definition) is 4. The van der Waals surface area contributed by atoms with Crippen LogP contribution in [0, 0.1) is 46.3 Å². The lowest BCUT2D eigenvalue weighted by molar-refractivity contribution is -0.207. The number of aromatic nitrogens is 1. The van der Waals surface area contributed by atoms with E-state index >= 15 is 0 Å². The zero-order valence-corrected chi connectivity index (χ0v) is 23.9. The third kappa shape index (κ3) is 5.10. The first kappa shape index (κ1) is 28.2. The van der Waals surface area contributed by atoms with Gasteiger partial charge in [-0.1, -0.05) is 20.8 Å². The van der Waals surface area contributed by atoms with Gasteiger partial charge in [0.2, 0.25) is 5.91 Å². The molecule has 5 rings (SSSR count). The van der Waals surface area contributed by atoms with Crippen LogP contribution in [0.1, 0.15) is 91.4 Å². The predicted molar refractivity (Wildman–Crippen MR) is 149 cm³/mol. The van der Waals surface area contributed by atoms with Crippen molar-refractivity contribution < 1.29 is 20.1 Å². The normalized spacial score (nSPS) is 43.1. The minimum atomic E-state index is -0.368. The Labute approximate surface area is 229 Å². The topological polar surface area (TPSA) is 94.7 Å². The Balaban J connectivity index is 1.15. The molecule has 1 aromatic rings. The predicted octanol–water partition coefficient (Wildman–Crippen LogP) is 4.76. The van der Waals surface area contributed by atoms with Crippen LogP contribution in [0.15, 0.2) is 24.5 Å². The van der Waals surface area contributed by atoms with Gasteiger partial charge < -0.3 is 25.2 Å². The van der Waals surface area contributed by atoms with Crippen LogP contribution in [-0.4, -0.2) is 50.7 Å². The number of aliphatic hydroxyl groups excluding tert-OH is 3. The van der Waals surface area contributed by atoms with Gasteiger partial charge in [-0.25, -0.2) is 0 Å². The molecule has 6 nitrogen and oxygen atoms in total. The number of fused-ring (bicyclic) bond motifs is 5. The first-order valence-electron chi connectivity index (χ1n) is 15.6. The molecule has 0 aliphatic heterocycles. The fourth-order valence-corrected chi connectivity index (χ4v) is 9.95. The highest BCUT2D eigenvalue weighted by Gasteiger charge is 2.65. The molecule has 0 radical (unpaired) electrons. The number of aliphatic hydroxyl groups is 3. The average Bonchev–Trinajstić information content (AvgIpc) is 3.52. The molecule has 0 bridgehead atoms. The SMILES string of the molecule is C[C@H](CCC(=O)NCCCCn1cccc1)[C@H]1CC[C@H]2[C@@H]3[C@H](O)C[C@@H]4C[C@H](O)CC[C@]4(C)[C@H]3C[C@H](O)[C@]12C. The standard InChI is InChI=1S/C32H52N2O4/c1-21(8-11-29(38)33-14-4-5-15-34-16-6-7-17-34)24-9-10-25-30-26(20-28(37)32(24,25)3)31(2)13-12-23(35)18-22(31)19-27(30)36/h6-7,16-17,21-28,30,35-37H,4-5,8-15,18-20H2,1-3H3,(H,33,38)/t21-,22+,23-,24-,25+,26+,27-,28+,30+,31+,32-/m1/s1. The zero-order chi connectivity index (χ0) is 27.1. The smallest absolute Gasteiger partial charge is 0.220 e. The third-order valence-corrected chi connectivity index (χ3v) is 12.2. The largest absolute Gasteiger partial charge is 0.393 e. The minimum absolute atomic E-state index is 0.106. The number of nitrogens with one attached hydrogen (secondary N) is 1. The summed E-state index contributed by atoms with van der Waals surface area (Å²) in [4.78, 5) is 12.6. The molecule has 1 aromatic heterocycles. The second-order valence-corrected chi connectivity index (χ2v) is 14.0. The van der Waals surface area contributed by atoms with E-state index < -0.39 is 0 Å². The van der Waals surface area contributed by atoms with Crippen LogP contribution in [0.2, 0.25) is 0 Å². The van der Waals surface area contributed by atoms with E-state index in [1.807, 2.05) is 12.1 Å². The summed E-state index contributed by atoms with van der Waals surface area (Å²) in [5, 5.41) is 36.6. The fraction of sp³-hybridized carbons (Fsp3) is 0.844. The van der Waals surface area contributed by atoms with Crippen molar-refractivity contribution in [2.45, 2.75) is 116 Å². The first-order valence-corrected chi connectivity index (χ1v) is 15.6. The van der Waals surface area contributed by atoms with Crippen molar-refractivity contribution >= 4 is 5.91 Å². The van der Waals surface area contributed by atoms with Gasteiger partial charge in [0.05, 0.1) is 18.3 Å². The number of aryl methyl sites for hydroxylation is 1. The third-order valence-electron chi connectivity index (χ3n) is 12.2. The Morgan fingerprint density at radius 2 is 1.79 bits per heavy atom. The molecule has 38 heavy (non-hydrogen) atoms. The Bertz CT molecular complexity index is 936. The molecule has 4 aliphatic carbocycles. The van der Waals surface area contributed by atoms with Crippen molar-refractivity contribution in [2.75, 3.05) is 6.54 Å². The molecule has 0 spiro atoms. The lowest BCUT2D eigenvalue weighted by atomic mass is 9.43. The van der Waals surface area contributed by atoms with Crippen molar-refractivity contribution in [1.82, 2.24) is 9.88 Å². The van der Waals surface area contributed by atoms with E-state index in [0.29, 0.717) is 36.0 Å². The van der Waals surface area contributed by atoms with Crippen LogP contribution in [0.3, 0.4) is 0 Å². The van der Waals surface area contributed by atoms with Crippen molar-refractivity contribution in [3.63, 3.8) is 0 Å². The van der Waals surface area contributed by atoms with Gasteiger partial charge in [-0.15, -0.1) is 0 Å². The highest BCUT2D eigenvalue weighted by molar-refractivity contribution is 5.75. The van der Waals surface area contributed by atoms with E-state index in [1.54, 1.807) is 0 Å². The Kier molecular flexibility index (Phi) is 8.34. The second kappa shape index (κ2) is 11.2. The maximum absolute atomic E-state index is 12.6. The highest BCUT2D eigenvalue weighted by atomic mass is 16.3. The summed E-state index contributed by atoms with van der Waals surface area (Å²) in [5.74, 6) is 2.14. The molecular formula is C32H52N2O4. The van der Waals surface area contributed by atoms with Crippen LogP contribution in [0.4, 0.5) is 0 Å². The second-order valence-electron chi connectivity index (χ2n) is 14.0. The molecule has 4 aliphatic rings. The van der Waals surface area contributed by atoms with Gasteiger partial charge in [-0.3, -0.25) is 4.79 Å². The number of hydrogen-bond donors (Lipinski definition) is 4. The molecular weight excluding hydrogens is 476 g/mol. The molecule has 4 saturated carbocycles. The lowest BCUT2D eigenvalue weighted by Gasteiger charge is -2.63. The van der Waals surface area contributed by atoms with E-state index in [2.05, 4.69) is 43.0 Å². The zero-order valence-electron chi connectivity index (χ0n) is 23.9. The quantitative estimate of drug-likeness (QED) is 0.348. The summed E-state index contributed by atoms with van der Waals surface area (Å²) in [7, 11) is 0. The van der Waals surface area contributed by atoms with Gasteiger partial charge in [-0.05, 0) is 123 Å². The van der Waals surface area contributed by atoms with Crippen molar-refractivity contribution in [1.29, 1.82) is 0 Å². The van der Waals surface area contributed by atoms with E-state index in [-0.39, 0.29) is 41.0 Å². The fourth-order valence-electron chi connectivity index (χ4n) is 9.95. The summed E-state index contributed by atoms with van der Waals surface area (Å²) < 4.78 is 2.17. The molecule has 6 heteroatoms.